The Bertz CT molecular complexity index is 6.00. The second kappa shape index (κ2) is 517. The van der Waals surface area contributed by atoms with E-state index in [4.69, 9.17) is 0 Å². The highest BCUT2D eigenvalue weighted by atomic mass is 35.5. The van der Waals surface area contributed by atoms with Crippen LogP contribution in [-0.2, 0) is 0 Å². The van der Waals surface area contributed by atoms with Crippen LogP contribution >= 0.6 is 0 Å². The molecule has 0 saturated heterocycles. The van der Waals surface area contributed by atoms with E-state index in [1.807, 2.05) is 0 Å². The lowest BCUT2D eigenvalue weighted by atomic mass is 14.0. The molecule has 3 nitrogen and oxygen atoms in total. The van der Waals surface area contributed by atoms with Crippen molar-refractivity contribution in [3.05, 3.63) is 0 Å². The van der Waals surface area contributed by atoms with Gasteiger partial charge in [-0.3, -0.25) is 0 Å². The van der Waals surface area contributed by atoms with E-state index in [9.17, 15) is 0 Å². The fraction of sp³-hybridized carbons (Fsp3) is 0. The van der Waals surface area contributed by atoms with Crippen LogP contribution in [0, 0.1) is 0 Å². The third kappa shape index (κ3) is 103. The topological polar surface area (TPSA) is 100 Å². The highest BCUT2D eigenvalue weighted by Crippen LogP contribution is -0.289. The van der Waals surface area contributed by atoms with Crippen molar-refractivity contribution in [1.29, 1.82) is 0 Å². The van der Waals surface area contributed by atoms with Crippen LogP contribution in [0.5, 0.6) is 0 Å². The summed E-state index contributed by atoms with van der Waals surface area (Å²) in [5.41, 5.74) is 0. The molecule has 32 valence electrons. The Hall–Kier alpha value is 0.170. The van der Waals surface area contributed by atoms with Crippen molar-refractivity contribution in [2.75, 3.05) is 0 Å². The van der Waals surface area contributed by atoms with Crippen LogP contribution in [0.25, 0.3) is 0 Å². The van der Waals surface area contributed by atoms with E-state index in [1.54, 1.807) is 0 Å². The van der Waals surface area contributed by atoms with Gasteiger partial charge in [0.05, 0.1) is 0 Å². The van der Waals surface area contributed by atoms with Crippen molar-refractivity contribution < 1.29 is 17.9 Å². The molecule has 0 aromatic carbocycles. The molecule has 0 heterocycles. The summed E-state index contributed by atoms with van der Waals surface area (Å²) in [6.07, 6.45) is 0. The average molecular weight is 86.5 g/mol. The molecule has 0 aliphatic carbocycles. The van der Waals surface area contributed by atoms with Crippen molar-refractivity contribution in [1.82, 2.24) is 12.3 Å². The molecular weight excluding hydrogens is 79.5 g/mol. The Labute approximate surface area is 31.3 Å². The zero-order valence-corrected chi connectivity index (χ0v) is 3.00. The summed E-state index contributed by atoms with van der Waals surface area (Å²) in [5, 5.41) is 0. The van der Waals surface area contributed by atoms with E-state index < -0.39 is 0 Å². The first-order valence-electron chi connectivity index (χ1n) is 0. The van der Waals surface area contributed by atoms with Gasteiger partial charge in [0, 0.05) is 0 Å². The van der Waals surface area contributed by atoms with Gasteiger partial charge in [-0.2, -0.15) is 0 Å². The molecule has 0 aromatic heterocycles. The van der Waals surface area contributed by atoms with Gasteiger partial charge in [-0.15, -0.1) is 0 Å². The monoisotopic (exact) mass is 86.0 g/mol. The quantitative estimate of drug-likeness (QED) is 0.332. The van der Waals surface area contributed by atoms with Gasteiger partial charge in [0.15, 0.2) is 0 Å². The molecular formula is H7ClN2O-2. The molecule has 4 heteroatoms. The van der Waals surface area contributed by atoms with Crippen LogP contribution in [0.2, 0.25) is 0 Å². The Morgan fingerprint density at radius 3 is 0.750 bits per heavy atom. The smallest absolute Gasteiger partial charge is 0.344 e. The van der Waals surface area contributed by atoms with Crippen molar-refractivity contribution >= 4 is 0 Å². The Morgan fingerprint density at radius 1 is 0.750 bits per heavy atom. The van der Waals surface area contributed by atoms with Crippen LogP contribution in [0.1, 0.15) is 0 Å². The molecule has 0 radical (unpaired) electrons. The Morgan fingerprint density at radius 2 is 0.750 bits per heavy atom. The minimum atomic E-state index is 0. The number of hydrogen-bond donors (Lipinski definition) is 2. The first kappa shape index (κ1) is 1450. The molecule has 4 heavy (non-hydrogen) atoms. The molecule has 0 saturated carbocycles. The fourth-order valence-corrected chi connectivity index (χ4v) is 0. The van der Waals surface area contributed by atoms with E-state index >= 15 is 0 Å². The predicted octanol–water partition coefficient (Wildman–Crippen LogP) is -2.85. The van der Waals surface area contributed by atoms with E-state index in [0.29, 0.717) is 0 Å². The second-order valence-corrected chi connectivity index (χ2v) is 0. The Kier molecular flexibility index (Phi) is 187000. The molecule has 0 aliphatic heterocycles. The second-order valence-electron chi connectivity index (χ2n) is 0. The lowest BCUT2D eigenvalue weighted by Gasteiger charge is -1.00. The molecule has 0 amide bonds. The van der Waals surface area contributed by atoms with Gasteiger partial charge in [-0.25, -0.2) is 0 Å². The van der Waals surface area contributed by atoms with Crippen molar-refractivity contribution in [2.45, 2.75) is 0 Å². The highest BCUT2D eigenvalue weighted by molar-refractivity contribution is 2.14. The van der Waals surface area contributed by atoms with Gasteiger partial charge in [-0.05, 0) is 0 Å². The summed E-state index contributed by atoms with van der Waals surface area (Å²) in [6.45, 7) is 0. The SMILES string of the molecule is N.N.[Cl-].[OH-]. The van der Waals surface area contributed by atoms with E-state index in [0.717, 1.165) is 0 Å². The standard InChI is InChI=1S/ClH.2H3N.H2O/h1H;2*1H3;1H2/p-2. The normalized spacial score (nSPS) is 0. The minimum absolute atomic E-state index is 0. The zero-order valence-electron chi connectivity index (χ0n) is 2.24. The maximum atomic E-state index is 0. The van der Waals surface area contributed by atoms with Crippen LogP contribution in [-0.4, -0.2) is 5.48 Å². The molecule has 7 N–H and O–H groups in total. The molecule has 0 unspecified atom stereocenters. The maximum absolute atomic E-state index is 0. The summed E-state index contributed by atoms with van der Waals surface area (Å²) in [4.78, 5) is 0. The van der Waals surface area contributed by atoms with Crippen LogP contribution in [0.15, 0.2) is 0 Å². The molecule has 0 fully saturated rings. The van der Waals surface area contributed by atoms with Gasteiger partial charge in [0.25, 0.3) is 0 Å². The molecule has 0 bridgehead atoms. The van der Waals surface area contributed by atoms with Gasteiger partial charge in [0.1, 0.15) is 0 Å². The zero-order chi connectivity index (χ0) is 0. The number of rotatable bonds is 0. The molecule has 0 atom stereocenters. The molecule has 0 rings (SSSR count). The van der Waals surface area contributed by atoms with E-state index in [2.05, 4.69) is 0 Å². The first-order valence-corrected chi connectivity index (χ1v) is 0. The fourth-order valence-electron chi connectivity index (χ4n) is 0. The number of hydrogen-bond acceptors (Lipinski definition) is 3. The first-order chi connectivity index (χ1) is 0. The highest BCUT2D eigenvalue weighted by Gasteiger charge is -0.343. The van der Waals surface area contributed by atoms with E-state index in [1.165, 1.54) is 0 Å². The van der Waals surface area contributed by atoms with Crippen LogP contribution < -0.4 is 24.7 Å². The summed E-state index contributed by atoms with van der Waals surface area (Å²) in [6, 6.07) is 0. The average Bonchev–Trinajstić information content (AvgIpc) is 0. The van der Waals surface area contributed by atoms with Crippen molar-refractivity contribution in [2.24, 2.45) is 0 Å². The van der Waals surface area contributed by atoms with Crippen LogP contribution in [0.4, 0.5) is 0 Å². The van der Waals surface area contributed by atoms with Gasteiger partial charge in [0.2, 0.25) is 0 Å². The van der Waals surface area contributed by atoms with Crippen molar-refractivity contribution in [3.63, 3.8) is 0 Å². The Balaban J connectivity index is 0. The lowest BCUT2D eigenvalue weighted by molar-refractivity contribution is -0.00000215. The van der Waals surface area contributed by atoms with Gasteiger partial charge >= 0.3 is 0 Å². The lowest BCUT2D eigenvalue weighted by Crippen LogP contribution is -3.00. The summed E-state index contributed by atoms with van der Waals surface area (Å²) >= 11 is 0. The summed E-state index contributed by atoms with van der Waals surface area (Å²) in [7, 11) is 0. The van der Waals surface area contributed by atoms with E-state index in [-0.39, 0.29) is 30.2 Å². The summed E-state index contributed by atoms with van der Waals surface area (Å²) in [5.74, 6) is 0. The third-order valence-electron chi connectivity index (χ3n) is 0. The maximum Gasteiger partial charge on any atom is -0.344 e. The minimum Gasteiger partial charge on any atom is -1.00 e. The van der Waals surface area contributed by atoms with Crippen molar-refractivity contribution in [3.8, 4) is 0 Å². The summed E-state index contributed by atoms with van der Waals surface area (Å²) < 4.78 is 0. The third-order valence-corrected chi connectivity index (χ3v) is 0. The van der Waals surface area contributed by atoms with Crippen LogP contribution in [0.3, 0.4) is 0 Å². The molecule has 0 spiro atoms. The van der Waals surface area contributed by atoms with Gasteiger partial charge < -0.3 is 30.2 Å². The largest absolute Gasteiger partial charge is 1.00 e. The number of halogens is 1. The van der Waals surface area contributed by atoms with Gasteiger partial charge in [-0.1, -0.05) is 0 Å². The predicted molar refractivity (Wildman–Crippen MR) is 12.0 cm³/mol. The molecule has 0 aliphatic rings. The molecule has 0 aromatic rings.